The maximum atomic E-state index is 12.5. The number of hydrogen-bond donors (Lipinski definition) is 1. The van der Waals surface area contributed by atoms with Gasteiger partial charge < -0.3 is 14.8 Å². The number of amides is 1. The number of benzene rings is 2. The Morgan fingerprint density at radius 1 is 1.04 bits per heavy atom. The van der Waals surface area contributed by atoms with Gasteiger partial charge in [-0.3, -0.25) is 4.79 Å². The van der Waals surface area contributed by atoms with Crippen molar-refractivity contribution in [3.05, 3.63) is 60.2 Å². The third-order valence-corrected chi connectivity index (χ3v) is 4.10. The van der Waals surface area contributed by atoms with Crippen LogP contribution >= 0.6 is 0 Å². The van der Waals surface area contributed by atoms with Crippen LogP contribution < -0.4 is 14.8 Å². The van der Waals surface area contributed by atoms with E-state index in [1.165, 1.54) is 5.56 Å². The third kappa shape index (κ3) is 5.82. The Hall–Kier alpha value is -2.49. The number of aryl methyl sites for hydroxylation is 1. The van der Waals surface area contributed by atoms with Crippen LogP contribution in [-0.2, 0) is 11.2 Å². The lowest BCUT2D eigenvalue weighted by Gasteiger charge is -2.21. The minimum Gasteiger partial charge on any atom is -0.493 e. The fraction of sp³-hybridized carbons (Fsp3) is 0.381. The molecule has 1 amide bonds. The van der Waals surface area contributed by atoms with Gasteiger partial charge in [0.15, 0.2) is 17.6 Å². The quantitative estimate of drug-likeness (QED) is 0.750. The van der Waals surface area contributed by atoms with Crippen LogP contribution in [0.15, 0.2) is 54.6 Å². The number of nitrogens with one attached hydrogen (secondary N) is 1. The van der Waals surface area contributed by atoms with E-state index in [1.807, 2.05) is 56.3 Å². The van der Waals surface area contributed by atoms with Gasteiger partial charge >= 0.3 is 0 Å². The third-order valence-electron chi connectivity index (χ3n) is 4.10. The summed E-state index contributed by atoms with van der Waals surface area (Å²) in [4.78, 5) is 12.5. The molecule has 0 fully saturated rings. The summed E-state index contributed by atoms with van der Waals surface area (Å²) in [6.07, 6.45) is 1.89. The SMILES string of the molecule is CC[C@@H](Oc1ccccc1OC)C(=O)N[C@@H](C)CCc1ccccc1. The van der Waals surface area contributed by atoms with Gasteiger partial charge in [-0.1, -0.05) is 49.4 Å². The lowest BCUT2D eigenvalue weighted by molar-refractivity contribution is -0.128. The molecule has 0 saturated heterocycles. The van der Waals surface area contributed by atoms with Gasteiger partial charge in [0.2, 0.25) is 0 Å². The van der Waals surface area contributed by atoms with Gasteiger partial charge in [0.1, 0.15) is 0 Å². The maximum Gasteiger partial charge on any atom is 0.261 e. The van der Waals surface area contributed by atoms with Crippen LogP contribution in [0.25, 0.3) is 0 Å². The molecular formula is C21H27NO3. The van der Waals surface area contributed by atoms with Crippen molar-refractivity contribution in [2.75, 3.05) is 7.11 Å². The van der Waals surface area contributed by atoms with Crippen molar-refractivity contribution in [2.45, 2.75) is 45.3 Å². The minimum atomic E-state index is -0.532. The first-order valence-electron chi connectivity index (χ1n) is 8.78. The second-order valence-corrected chi connectivity index (χ2v) is 6.10. The van der Waals surface area contributed by atoms with Gasteiger partial charge in [-0.25, -0.2) is 0 Å². The molecule has 0 aliphatic carbocycles. The van der Waals surface area contributed by atoms with Crippen LogP contribution in [0.2, 0.25) is 0 Å². The fourth-order valence-electron chi connectivity index (χ4n) is 2.63. The second kappa shape index (κ2) is 9.72. The summed E-state index contributed by atoms with van der Waals surface area (Å²) >= 11 is 0. The molecule has 0 radical (unpaired) electrons. The average Bonchev–Trinajstić information content (AvgIpc) is 2.65. The zero-order valence-electron chi connectivity index (χ0n) is 15.2. The summed E-state index contributed by atoms with van der Waals surface area (Å²) in [6, 6.07) is 17.7. The molecule has 2 aromatic carbocycles. The Balaban J connectivity index is 1.88. The van der Waals surface area contributed by atoms with Gasteiger partial charge in [0, 0.05) is 6.04 Å². The number of carbonyl (C=O) groups is 1. The Morgan fingerprint density at radius 2 is 1.68 bits per heavy atom. The zero-order chi connectivity index (χ0) is 18.1. The number of carbonyl (C=O) groups excluding carboxylic acids is 1. The van der Waals surface area contributed by atoms with E-state index in [0.717, 1.165) is 12.8 Å². The van der Waals surface area contributed by atoms with E-state index in [0.29, 0.717) is 17.9 Å². The summed E-state index contributed by atoms with van der Waals surface area (Å²) in [5, 5.41) is 3.05. The molecule has 4 nitrogen and oxygen atoms in total. The first-order valence-corrected chi connectivity index (χ1v) is 8.78. The van der Waals surface area contributed by atoms with Gasteiger partial charge in [-0.15, -0.1) is 0 Å². The first kappa shape index (κ1) is 18.8. The van der Waals surface area contributed by atoms with Crippen molar-refractivity contribution in [1.29, 1.82) is 0 Å². The smallest absolute Gasteiger partial charge is 0.261 e. The summed E-state index contributed by atoms with van der Waals surface area (Å²) in [7, 11) is 1.59. The van der Waals surface area contributed by atoms with Crippen LogP contribution in [0.1, 0.15) is 32.3 Å². The first-order chi connectivity index (χ1) is 12.1. The van der Waals surface area contributed by atoms with Crippen molar-refractivity contribution < 1.29 is 14.3 Å². The highest BCUT2D eigenvalue weighted by Gasteiger charge is 2.21. The summed E-state index contributed by atoms with van der Waals surface area (Å²) in [5.41, 5.74) is 1.28. The van der Waals surface area contributed by atoms with E-state index < -0.39 is 6.10 Å². The monoisotopic (exact) mass is 341 g/mol. The van der Waals surface area contributed by atoms with Crippen molar-refractivity contribution in [2.24, 2.45) is 0 Å². The molecule has 0 aromatic heterocycles. The number of hydrogen-bond acceptors (Lipinski definition) is 3. The van der Waals surface area contributed by atoms with Crippen molar-refractivity contribution in [3.8, 4) is 11.5 Å². The van der Waals surface area contributed by atoms with Crippen molar-refractivity contribution in [1.82, 2.24) is 5.32 Å². The van der Waals surface area contributed by atoms with Gasteiger partial charge in [-0.2, -0.15) is 0 Å². The molecule has 0 aliphatic heterocycles. The molecule has 2 aromatic rings. The molecule has 1 N–H and O–H groups in total. The fourth-order valence-corrected chi connectivity index (χ4v) is 2.63. The normalized spacial score (nSPS) is 12.9. The molecule has 2 rings (SSSR count). The van der Waals surface area contributed by atoms with Crippen LogP contribution in [0.5, 0.6) is 11.5 Å². The molecule has 0 spiro atoms. The Labute approximate surface area is 150 Å². The molecule has 0 saturated carbocycles. The van der Waals surface area contributed by atoms with Crippen LogP contribution in [0.3, 0.4) is 0 Å². The lowest BCUT2D eigenvalue weighted by atomic mass is 10.1. The Morgan fingerprint density at radius 3 is 2.32 bits per heavy atom. The molecular weight excluding hydrogens is 314 g/mol. The Bertz CT molecular complexity index is 657. The standard InChI is InChI=1S/C21H27NO3/c1-4-18(25-20-13-9-8-12-19(20)24-3)21(23)22-16(2)14-15-17-10-6-5-7-11-17/h5-13,16,18H,4,14-15H2,1-3H3,(H,22,23)/t16-,18+/m0/s1. The highest BCUT2D eigenvalue weighted by Crippen LogP contribution is 2.27. The van der Waals surface area contributed by atoms with E-state index >= 15 is 0 Å². The topological polar surface area (TPSA) is 47.6 Å². The van der Waals surface area contributed by atoms with Gasteiger partial charge in [0.25, 0.3) is 5.91 Å². The molecule has 4 heteroatoms. The van der Waals surface area contributed by atoms with Gasteiger partial charge in [-0.05, 0) is 43.9 Å². The van der Waals surface area contributed by atoms with Crippen molar-refractivity contribution in [3.63, 3.8) is 0 Å². The molecule has 0 heterocycles. The molecule has 0 bridgehead atoms. The number of rotatable bonds is 9. The maximum absolute atomic E-state index is 12.5. The van der Waals surface area contributed by atoms with E-state index in [1.54, 1.807) is 7.11 Å². The van der Waals surface area contributed by atoms with Crippen LogP contribution in [0, 0.1) is 0 Å². The second-order valence-electron chi connectivity index (χ2n) is 6.10. The number of para-hydroxylation sites is 2. The lowest BCUT2D eigenvalue weighted by Crippen LogP contribution is -2.42. The van der Waals surface area contributed by atoms with Gasteiger partial charge in [0.05, 0.1) is 7.11 Å². The molecule has 134 valence electrons. The number of ether oxygens (including phenoxy) is 2. The van der Waals surface area contributed by atoms with E-state index in [2.05, 4.69) is 17.4 Å². The zero-order valence-corrected chi connectivity index (χ0v) is 15.2. The average molecular weight is 341 g/mol. The Kier molecular flexibility index (Phi) is 7.33. The molecule has 2 atom stereocenters. The molecule has 25 heavy (non-hydrogen) atoms. The largest absolute Gasteiger partial charge is 0.493 e. The minimum absolute atomic E-state index is 0.0861. The van der Waals surface area contributed by atoms with E-state index in [9.17, 15) is 4.79 Å². The summed E-state index contributed by atoms with van der Waals surface area (Å²) in [5.74, 6) is 1.13. The van der Waals surface area contributed by atoms with Crippen molar-refractivity contribution >= 4 is 5.91 Å². The van der Waals surface area contributed by atoms with Crippen LogP contribution in [0.4, 0.5) is 0 Å². The molecule has 0 unspecified atom stereocenters. The molecule has 0 aliphatic rings. The highest BCUT2D eigenvalue weighted by atomic mass is 16.5. The number of methoxy groups -OCH3 is 1. The predicted molar refractivity (Wildman–Crippen MR) is 100 cm³/mol. The van der Waals surface area contributed by atoms with E-state index in [-0.39, 0.29) is 11.9 Å². The predicted octanol–water partition coefficient (Wildman–Crippen LogP) is 3.99. The highest BCUT2D eigenvalue weighted by molar-refractivity contribution is 5.81. The van der Waals surface area contributed by atoms with E-state index in [4.69, 9.17) is 9.47 Å². The summed E-state index contributed by atoms with van der Waals surface area (Å²) in [6.45, 7) is 3.96. The van der Waals surface area contributed by atoms with Crippen LogP contribution in [-0.4, -0.2) is 25.2 Å². The summed E-state index contributed by atoms with van der Waals surface area (Å²) < 4.78 is 11.2.